The number of nitrogens with one attached hydrogen (secondary N) is 1. The van der Waals surface area contributed by atoms with Gasteiger partial charge < -0.3 is 4.98 Å². The molecule has 0 aliphatic carbocycles. The summed E-state index contributed by atoms with van der Waals surface area (Å²) >= 11 is 1.85. The minimum absolute atomic E-state index is 0.540. The zero-order chi connectivity index (χ0) is 14.2. The summed E-state index contributed by atoms with van der Waals surface area (Å²) in [5.74, 6) is 1.70. The third-order valence-corrected chi connectivity index (χ3v) is 5.14. The Hall–Kier alpha value is -1.65. The summed E-state index contributed by atoms with van der Waals surface area (Å²) in [6.45, 7) is 5.47. The van der Waals surface area contributed by atoms with Crippen LogP contribution >= 0.6 is 11.3 Å². The average Bonchev–Trinajstić information content (AvgIpc) is 3.18. The van der Waals surface area contributed by atoms with Crippen LogP contribution in [0.2, 0.25) is 0 Å². The van der Waals surface area contributed by atoms with Crippen LogP contribution in [0.3, 0.4) is 0 Å². The number of aromatic amines is 1. The number of rotatable bonds is 3. The van der Waals surface area contributed by atoms with Gasteiger partial charge in [0.25, 0.3) is 0 Å². The first kappa shape index (κ1) is 13.0. The van der Waals surface area contributed by atoms with Gasteiger partial charge in [-0.25, -0.2) is 4.98 Å². The molecule has 1 aliphatic rings. The number of thiophene rings is 1. The fourth-order valence-electron chi connectivity index (χ4n) is 3.16. The lowest BCUT2D eigenvalue weighted by Gasteiger charge is -2.13. The van der Waals surface area contributed by atoms with Crippen molar-refractivity contribution in [2.45, 2.75) is 25.8 Å². The summed E-state index contributed by atoms with van der Waals surface area (Å²) in [7, 11) is 0. The second kappa shape index (κ2) is 5.28. The lowest BCUT2D eigenvalue weighted by molar-refractivity contribution is 0.329. The highest BCUT2D eigenvalue weighted by molar-refractivity contribution is 7.09. The number of imidazole rings is 1. The maximum atomic E-state index is 4.79. The Morgan fingerprint density at radius 3 is 3.19 bits per heavy atom. The Morgan fingerprint density at radius 2 is 2.33 bits per heavy atom. The van der Waals surface area contributed by atoms with E-state index in [0.29, 0.717) is 5.92 Å². The molecule has 1 N–H and O–H groups in total. The van der Waals surface area contributed by atoms with Gasteiger partial charge in [-0.05, 0) is 49.0 Å². The molecular formula is C17H19N3S. The van der Waals surface area contributed by atoms with Crippen molar-refractivity contribution >= 4 is 22.4 Å². The van der Waals surface area contributed by atoms with E-state index in [1.807, 2.05) is 11.3 Å². The molecule has 0 saturated carbocycles. The second-order valence-corrected chi connectivity index (χ2v) is 6.97. The molecule has 4 heteroatoms. The molecule has 0 spiro atoms. The highest BCUT2D eigenvalue weighted by atomic mass is 32.1. The van der Waals surface area contributed by atoms with Gasteiger partial charge in [-0.15, -0.1) is 11.3 Å². The molecule has 3 aromatic rings. The predicted octanol–water partition coefficient (Wildman–Crippen LogP) is 3.92. The summed E-state index contributed by atoms with van der Waals surface area (Å²) < 4.78 is 0. The van der Waals surface area contributed by atoms with Crippen LogP contribution in [-0.2, 0) is 6.54 Å². The van der Waals surface area contributed by atoms with Gasteiger partial charge in [-0.3, -0.25) is 4.90 Å². The van der Waals surface area contributed by atoms with Crippen LogP contribution in [0.5, 0.6) is 0 Å². The highest BCUT2D eigenvalue weighted by Crippen LogP contribution is 2.28. The van der Waals surface area contributed by atoms with Crippen LogP contribution < -0.4 is 0 Å². The Morgan fingerprint density at radius 1 is 1.38 bits per heavy atom. The number of hydrogen-bond donors (Lipinski definition) is 1. The van der Waals surface area contributed by atoms with Crippen molar-refractivity contribution < 1.29 is 0 Å². The zero-order valence-corrected chi connectivity index (χ0v) is 13.0. The molecule has 4 rings (SSSR count). The molecule has 0 bridgehead atoms. The molecule has 1 atom stereocenters. The van der Waals surface area contributed by atoms with E-state index < -0.39 is 0 Å². The van der Waals surface area contributed by atoms with Crippen molar-refractivity contribution in [2.75, 3.05) is 13.1 Å². The number of benzene rings is 1. The van der Waals surface area contributed by atoms with Crippen LogP contribution in [0, 0.1) is 6.92 Å². The molecule has 0 radical (unpaired) electrons. The van der Waals surface area contributed by atoms with Gasteiger partial charge in [0, 0.05) is 23.9 Å². The first-order valence-corrected chi connectivity index (χ1v) is 8.37. The van der Waals surface area contributed by atoms with E-state index >= 15 is 0 Å². The minimum Gasteiger partial charge on any atom is -0.342 e. The largest absolute Gasteiger partial charge is 0.342 e. The van der Waals surface area contributed by atoms with E-state index in [1.165, 1.54) is 28.9 Å². The van der Waals surface area contributed by atoms with Crippen molar-refractivity contribution in [3.8, 4) is 0 Å². The summed E-state index contributed by atoms with van der Waals surface area (Å²) in [4.78, 5) is 12.3. The maximum Gasteiger partial charge on any atom is 0.111 e. The van der Waals surface area contributed by atoms with Gasteiger partial charge in [0.2, 0.25) is 0 Å². The zero-order valence-electron chi connectivity index (χ0n) is 12.2. The fraction of sp³-hybridized carbons (Fsp3) is 0.353. The van der Waals surface area contributed by atoms with Crippen molar-refractivity contribution in [2.24, 2.45) is 0 Å². The monoisotopic (exact) mass is 297 g/mol. The molecule has 1 aliphatic heterocycles. The lowest BCUT2D eigenvalue weighted by Crippen LogP contribution is -2.19. The SMILES string of the molecule is Cc1ccc2nc(C3CCN(Cc4cccs4)C3)[nH]c2c1. The second-order valence-electron chi connectivity index (χ2n) is 5.94. The van der Waals surface area contributed by atoms with Crippen LogP contribution in [-0.4, -0.2) is 28.0 Å². The summed E-state index contributed by atoms with van der Waals surface area (Å²) in [6.07, 6.45) is 1.20. The summed E-state index contributed by atoms with van der Waals surface area (Å²) in [5.41, 5.74) is 3.54. The molecule has 3 nitrogen and oxygen atoms in total. The van der Waals surface area contributed by atoms with Gasteiger partial charge >= 0.3 is 0 Å². The Bertz CT molecular complexity index is 745. The Kier molecular flexibility index (Phi) is 3.28. The molecule has 108 valence electrons. The standard InChI is InChI=1S/C17H19N3S/c1-12-4-5-15-16(9-12)19-17(18-15)13-6-7-20(10-13)11-14-3-2-8-21-14/h2-5,8-9,13H,6-7,10-11H2,1H3,(H,18,19). The lowest BCUT2D eigenvalue weighted by atomic mass is 10.1. The third kappa shape index (κ3) is 2.61. The molecule has 1 fully saturated rings. The van der Waals surface area contributed by atoms with E-state index in [4.69, 9.17) is 4.98 Å². The van der Waals surface area contributed by atoms with Gasteiger partial charge in [0.05, 0.1) is 11.0 Å². The molecule has 21 heavy (non-hydrogen) atoms. The van der Waals surface area contributed by atoms with E-state index in [9.17, 15) is 0 Å². The van der Waals surface area contributed by atoms with Crippen molar-refractivity contribution in [1.29, 1.82) is 0 Å². The Balaban J connectivity index is 1.51. The van der Waals surface area contributed by atoms with E-state index in [1.54, 1.807) is 0 Å². The number of aromatic nitrogens is 2. The van der Waals surface area contributed by atoms with Crippen LogP contribution in [0.15, 0.2) is 35.7 Å². The molecule has 3 heterocycles. The minimum atomic E-state index is 0.540. The molecule has 1 aromatic carbocycles. The third-order valence-electron chi connectivity index (χ3n) is 4.27. The molecule has 1 unspecified atom stereocenters. The number of aryl methyl sites for hydroxylation is 1. The number of H-pyrrole nitrogens is 1. The first-order chi connectivity index (χ1) is 10.3. The van der Waals surface area contributed by atoms with Crippen molar-refractivity contribution in [3.63, 3.8) is 0 Å². The van der Waals surface area contributed by atoms with E-state index in [-0.39, 0.29) is 0 Å². The number of fused-ring (bicyclic) bond motifs is 1. The van der Waals surface area contributed by atoms with E-state index in [0.717, 1.165) is 24.4 Å². The topological polar surface area (TPSA) is 31.9 Å². The molecule has 2 aromatic heterocycles. The van der Waals surface area contributed by atoms with Crippen LogP contribution in [0.25, 0.3) is 11.0 Å². The van der Waals surface area contributed by atoms with E-state index in [2.05, 4.69) is 52.5 Å². The molecule has 1 saturated heterocycles. The fourth-order valence-corrected chi connectivity index (χ4v) is 3.91. The molecular weight excluding hydrogens is 278 g/mol. The summed E-state index contributed by atoms with van der Waals surface area (Å²) in [6, 6.07) is 10.8. The van der Waals surface area contributed by atoms with Gasteiger partial charge in [0.1, 0.15) is 5.82 Å². The van der Waals surface area contributed by atoms with Gasteiger partial charge in [0.15, 0.2) is 0 Å². The van der Waals surface area contributed by atoms with Crippen LogP contribution in [0.4, 0.5) is 0 Å². The van der Waals surface area contributed by atoms with Crippen LogP contribution in [0.1, 0.15) is 28.6 Å². The van der Waals surface area contributed by atoms with Crippen molar-refractivity contribution in [1.82, 2.24) is 14.9 Å². The summed E-state index contributed by atoms with van der Waals surface area (Å²) in [5, 5.41) is 2.16. The molecule has 0 amide bonds. The quantitative estimate of drug-likeness (QED) is 0.794. The normalized spacial score (nSPS) is 19.6. The predicted molar refractivity (Wildman–Crippen MR) is 87.8 cm³/mol. The van der Waals surface area contributed by atoms with Gasteiger partial charge in [-0.2, -0.15) is 0 Å². The maximum absolute atomic E-state index is 4.79. The number of likely N-dealkylation sites (tertiary alicyclic amines) is 1. The van der Waals surface area contributed by atoms with Gasteiger partial charge in [-0.1, -0.05) is 12.1 Å². The number of hydrogen-bond acceptors (Lipinski definition) is 3. The number of nitrogens with zero attached hydrogens (tertiary/aromatic N) is 2. The van der Waals surface area contributed by atoms with Crippen molar-refractivity contribution in [3.05, 3.63) is 52.0 Å². The highest BCUT2D eigenvalue weighted by Gasteiger charge is 2.26. The Labute approximate surface area is 128 Å². The first-order valence-electron chi connectivity index (χ1n) is 7.49. The smallest absolute Gasteiger partial charge is 0.111 e. The average molecular weight is 297 g/mol.